The minimum absolute atomic E-state index is 0.307. The van der Waals surface area contributed by atoms with Crippen LogP contribution in [0.15, 0.2) is 24.3 Å². The van der Waals surface area contributed by atoms with Gasteiger partial charge in [0.05, 0.1) is 39.6 Å². The van der Waals surface area contributed by atoms with Crippen molar-refractivity contribution in [2.75, 3.05) is 51.5 Å². The molecule has 0 amide bonds. The first kappa shape index (κ1) is 66.1. The van der Waals surface area contributed by atoms with Crippen molar-refractivity contribution >= 4 is 5.69 Å². The molecule has 21 saturated heterocycles. The van der Waals surface area contributed by atoms with Crippen molar-refractivity contribution in [1.29, 1.82) is 0 Å². The van der Waals surface area contributed by atoms with Gasteiger partial charge in [0.1, 0.15) is 171 Å². The molecule has 35 heteroatoms. The molecule has 0 aromatic heterocycles. The highest BCUT2D eigenvalue weighted by Crippen LogP contribution is 2.39. The van der Waals surface area contributed by atoms with Gasteiger partial charge in [0.25, 0.3) is 0 Å². The van der Waals surface area contributed by atoms with E-state index in [4.69, 9.17) is 66.3 Å². The number of nitrogens with one attached hydrogen (secondary N) is 1. The van der Waals surface area contributed by atoms with Gasteiger partial charge in [0, 0.05) is 12.2 Å². The fraction of sp³-hybridized carbons (Fsp3) is 0.878. The summed E-state index contributed by atoms with van der Waals surface area (Å²) >= 11 is 0. The summed E-state index contributed by atoms with van der Waals surface area (Å²) in [6, 6.07) is 6.91. The van der Waals surface area contributed by atoms with E-state index in [-0.39, 0.29) is 6.54 Å². The summed E-state index contributed by atoms with van der Waals surface area (Å²) in [7, 11) is 0. The molecule has 482 valence electrons. The first-order valence-electron chi connectivity index (χ1n) is 27.2. The van der Waals surface area contributed by atoms with E-state index in [2.05, 4.69) is 5.32 Å². The fourth-order valence-electron chi connectivity index (χ4n) is 11.4. The van der Waals surface area contributed by atoms with Crippen LogP contribution < -0.4 is 5.32 Å². The maximum absolute atomic E-state index is 11.8. The molecule has 21 fully saturated rings. The van der Waals surface area contributed by atoms with Gasteiger partial charge in [0.2, 0.25) is 0 Å². The summed E-state index contributed by atoms with van der Waals surface area (Å²) in [6.07, 6.45) is -69.4. The first-order chi connectivity index (χ1) is 40.1. The molecule has 21 aliphatic rings. The summed E-state index contributed by atoms with van der Waals surface area (Å²) < 4.78 is 81.4. The molecule has 0 saturated carbocycles. The van der Waals surface area contributed by atoms with Crippen molar-refractivity contribution in [2.24, 2.45) is 0 Å². The smallest absolute Gasteiger partial charge is 0.187 e. The van der Waals surface area contributed by atoms with Gasteiger partial charge < -0.3 is 174 Å². The van der Waals surface area contributed by atoms with E-state index < -0.39 is 255 Å². The predicted molar refractivity (Wildman–Crippen MR) is 261 cm³/mol. The lowest BCUT2D eigenvalue weighted by atomic mass is 9.95. The summed E-state index contributed by atoms with van der Waals surface area (Å²) in [5, 5.41) is 226. The number of rotatable bonds is 9. The normalized spacial score (nSPS) is 51.7. The maximum Gasteiger partial charge on any atom is 0.187 e. The highest BCUT2D eigenvalue weighted by atomic mass is 16.8. The summed E-state index contributed by atoms with van der Waals surface area (Å²) in [5.74, 6) is 0. The number of ether oxygens (including phenoxy) is 14. The van der Waals surface area contributed by atoms with Crippen molar-refractivity contribution in [3.05, 3.63) is 29.8 Å². The Morgan fingerprint density at radius 3 is 0.690 bits per heavy atom. The van der Waals surface area contributed by atoms with E-state index in [1.807, 2.05) is 0 Å². The number of aliphatic hydroxyl groups excluding tert-OH is 20. The molecular formula is C49H77NO34. The number of aliphatic hydroxyl groups is 20. The van der Waals surface area contributed by atoms with E-state index in [0.717, 1.165) is 5.56 Å². The van der Waals surface area contributed by atoms with Crippen LogP contribution in [0.25, 0.3) is 0 Å². The average molecular weight is 1220 g/mol. The molecule has 35 nitrogen and oxygen atoms in total. The summed E-state index contributed by atoms with van der Waals surface area (Å²) in [6.45, 7) is -4.72. The van der Waals surface area contributed by atoms with Crippen LogP contribution in [0.2, 0.25) is 0 Å². The monoisotopic (exact) mass is 1220 g/mol. The third-order valence-corrected chi connectivity index (χ3v) is 16.1. The molecule has 21 heterocycles. The van der Waals surface area contributed by atoms with E-state index in [1.54, 1.807) is 31.2 Å². The van der Waals surface area contributed by atoms with Gasteiger partial charge in [-0.1, -0.05) is 12.1 Å². The Hall–Kier alpha value is -2.34. The van der Waals surface area contributed by atoms with Crippen LogP contribution in [-0.2, 0) is 66.3 Å². The van der Waals surface area contributed by atoms with Crippen LogP contribution in [0.5, 0.6) is 0 Å². The van der Waals surface area contributed by atoms with E-state index in [1.165, 1.54) is 0 Å². The van der Waals surface area contributed by atoms with E-state index >= 15 is 0 Å². The number of benzene rings is 1. The molecule has 35 atom stereocenters. The number of hydrogen-bond donors (Lipinski definition) is 21. The standard InChI is InChI=1S/C49H77NO34/c1-13-3-2-4-14(5-13)50-6-15-36-22(57)29(64)43(71-15)79-37-16(7-51)73-45(31(66)24(37)59)81-39-18(9-53)75-47(33(68)26(39)61)83-41-20(11-55)77-49(35(70)28(41)63)84-42-21(12-56)76-48(34(69)27(42)62)82-40-19(10-54)74-46(32(67)25(40)60)80-38-17(8-52)72-44(78-36)30(65)23(38)58/h2-5,15-70H,6-12H2,1H3/t15-,16+,17-,18+,19-,20+,21-,22+,23+,24-,25+,26+,27+,28+,29+,30+,31-,32+,33-,34+,35+,36+,37+,38+,39+,40+,41+,42+,43+,44+,45+,46+,47+,48+,49+/m0/s1. The predicted octanol–water partition coefficient (Wildman–Crippen LogP) is -12.8. The molecule has 84 heavy (non-hydrogen) atoms. The molecule has 0 radical (unpaired) electrons. The van der Waals surface area contributed by atoms with Crippen LogP contribution in [-0.4, -0.2) is 363 Å². The molecule has 14 bridgehead atoms. The molecule has 22 rings (SSSR count). The molecule has 0 unspecified atom stereocenters. The Morgan fingerprint density at radius 2 is 0.488 bits per heavy atom. The van der Waals surface area contributed by atoms with Gasteiger partial charge in [-0.25, -0.2) is 0 Å². The second-order valence-corrected chi connectivity index (χ2v) is 21.7. The minimum Gasteiger partial charge on any atom is -0.394 e. The Kier molecular flexibility index (Phi) is 22.2. The van der Waals surface area contributed by atoms with Crippen molar-refractivity contribution in [1.82, 2.24) is 0 Å². The zero-order valence-corrected chi connectivity index (χ0v) is 44.6. The molecule has 21 aliphatic heterocycles. The van der Waals surface area contributed by atoms with Crippen molar-refractivity contribution < 1.29 is 168 Å². The zero-order valence-electron chi connectivity index (χ0n) is 44.6. The Morgan fingerprint density at radius 1 is 0.286 bits per heavy atom. The quantitative estimate of drug-likeness (QED) is 0.109. The van der Waals surface area contributed by atoms with Crippen LogP contribution in [0, 0.1) is 6.92 Å². The van der Waals surface area contributed by atoms with Crippen molar-refractivity contribution in [2.45, 2.75) is 222 Å². The van der Waals surface area contributed by atoms with Gasteiger partial charge in [-0.3, -0.25) is 0 Å². The second-order valence-electron chi connectivity index (χ2n) is 21.7. The Labute approximate surface area is 476 Å². The second kappa shape index (κ2) is 28.2. The lowest BCUT2D eigenvalue weighted by Crippen LogP contribution is -2.68. The minimum atomic E-state index is -2.21. The average Bonchev–Trinajstić information content (AvgIpc) is 2.94. The molecule has 0 spiro atoms. The Bertz CT molecular complexity index is 2200. The lowest BCUT2D eigenvalue weighted by molar-refractivity contribution is -0.396. The highest BCUT2D eigenvalue weighted by Gasteiger charge is 2.59. The van der Waals surface area contributed by atoms with E-state index in [9.17, 15) is 102 Å². The topological polar surface area (TPSA) is 546 Å². The van der Waals surface area contributed by atoms with Crippen LogP contribution in [0.3, 0.4) is 0 Å². The number of aryl methyl sites for hydroxylation is 1. The van der Waals surface area contributed by atoms with Crippen LogP contribution >= 0.6 is 0 Å². The zero-order chi connectivity index (χ0) is 60.7. The van der Waals surface area contributed by atoms with Crippen molar-refractivity contribution in [3.63, 3.8) is 0 Å². The first-order valence-corrected chi connectivity index (χ1v) is 27.2. The molecule has 1 aromatic carbocycles. The third kappa shape index (κ3) is 13.3. The van der Waals surface area contributed by atoms with Gasteiger partial charge in [-0.2, -0.15) is 0 Å². The molecule has 1 aromatic rings. The largest absolute Gasteiger partial charge is 0.394 e. The van der Waals surface area contributed by atoms with E-state index in [0.29, 0.717) is 5.69 Å². The third-order valence-electron chi connectivity index (χ3n) is 16.1. The van der Waals surface area contributed by atoms with Crippen LogP contribution in [0.1, 0.15) is 5.56 Å². The SMILES string of the molecule is Cc1cccc(NC[C@@H]2O[C@@H]3O[C@H]4[C@@H](O)[C@H](O)[C@@H](O[C@H]5[C@H](O)[C@H](O)[C@@H](O[C@H]6[C@H](O)[C@@H](O)[C@@H](O[C@H]7[C@H](O)[C@@H](O)[C@@H](O[C@H]8[C@H](O)[C@@H](O)[C@@H](O[C@H]9[C@H](O)[C@@H](O)[C@@H](O[C@H]2[C@H](O)[C@H]3O)O[C@H]9CO)O[C@H]8CO)O[C@H]7CO)O[C@@H]6CO)O[C@@H]5CO)O[C@@H]4CO)c1. The lowest BCUT2D eigenvalue weighted by Gasteiger charge is -2.50. The highest BCUT2D eigenvalue weighted by molar-refractivity contribution is 5.45. The van der Waals surface area contributed by atoms with Crippen molar-refractivity contribution in [3.8, 4) is 0 Å². The maximum atomic E-state index is 11.8. The van der Waals surface area contributed by atoms with Gasteiger partial charge in [0.15, 0.2) is 44.0 Å². The van der Waals surface area contributed by atoms with Gasteiger partial charge in [-0.05, 0) is 24.6 Å². The molecule has 21 N–H and O–H groups in total. The summed E-state index contributed by atoms with van der Waals surface area (Å²) in [5.41, 5.74) is 1.32. The number of hydrogen-bond acceptors (Lipinski definition) is 35. The fourth-order valence-corrected chi connectivity index (χ4v) is 11.4. The Balaban J connectivity index is 1.02. The van der Waals surface area contributed by atoms with Gasteiger partial charge in [-0.15, -0.1) is 0 Å². The number of anilines is 1. The molecular weight excluding hydrogens is 1150 g/mol. The molecule has 0 aliphatic carbocycles. The van der Waals surface area contributed by atoms with Crippen LogP contribution in [0.4, 0.5) is 5.69 Å². The summed E-state index contributed by atoms with van der Waals surface area (Å²) in [4.78, 5) is 0. The van der Waals surface area contributed by atoms with Gasteiger partial charge >= 0.3 is 0 Å².